The van der Waals surface area contributed by atoms with E-state index in [4.69, 9.17) is 4.42 Å². The van der Waals surface area contributed by atoms with E-state index in [-0.39, 0.29) is 35.0 Å². The van der Waals surface area contributed by atoms with Crippen LogP contribution in [0.15, 0.2) is 75.7 Å². The summed E-state index contributed by atoms with van der Waals surface area (Å²) in [4.78, 5) is 13.2. The number of piperidine rings is 1. The molecule has 1 amide bonds. The minimum Gasteiger partial charge on any atom is -0.455 e. The van der Waals surface area contributed by atoms with Crippen LogP contribution in [0.4, 0.5) is 10.1 Å². The molecule has 3 aliphatic rings. The number of carbonyl (C=O) groups excluding carboxylic acids is 1. The Bertz CT molecular complexity index is 2100. The van der Waals surface area contributed by atoms with E-state index in [1.165, 1.54) is 42.7 Å². The second-order valence-electron chi connectivity index (χ2n) is 11.6. The number of fused-ring (bicyclic) bond motifs is 2. The molecule has 3 atom stereocenters. The van der Waals surface area contributed by atoms with Gasteiger partial charge in [-0.25, -0.2) is 21.2 Å². The summed E-state index contributed by atoms with van der Waals surface area (Å²) < 4.78 is 75.8. The van der Waals surface area contributed by atoms with Crippen LogP contribution in [0.25, 0.3) is 22.3 Å². The molecule has 0 spiro atoms. The average Bonchev–Trinajstić information content (AvgIpc) is 3.66. The number of nitrogens with zero attached hydrogens (tertiary/aromatic N) is 3. The van der Waals surface area contributed by atoms with Gasteiger partial charge in [-0.15, -0.1) is 0 Å². The summed E-state index contributed by atoms with van der Waals surface area (Å²) in [6.07, 6.45) is 8.93. The SMILES string of the molecule is CNC(=O)c1c(-c2ccc(F)cc2)oc2cc(N(C)S(C)(=O)=O)c([C@H]3CCCN(S(=O)(=O)C4=CC5=CC=CC(C#N)C5N4)C3)cc12. The first-order valence-electron chi connectivity index (χ1n) is 14.6. The molecule has 2 N–H and O–H groups in total. The fraction of sp³-hybridized carbons (Fsp3) is 0.312. The van der Waals surface area contributed by atoms with Crippen molar-refractivity contribution in [3.05, 3.63) is 88.2 Å². The number of rotatable bonds is 7. The molecule has 1 fully saturated rings. The summed E-state index contributed by atoms with van der Waals surface area (Å²) in [6.45, 7) is 0.310. The summed E-state index contributed by atoms with van der Waals surface area (Å²) in [7, 11) is -4.88. The average molecular weight is 666 g/mol. The molecule has 2 unspecified atom stereocenters. The third-order valence-electron chi connectivity index (χ3n) is 8.75. The Morgan fingerprint density at radius 1 is 1.20 bits per heavy atom. The van der Waals surface area contributed by atoms with Crippen molar-refractivity contribution in [1.29, 1.82) is 5.26 Å². The van der Waals surface area contributed by atoms with Gasteiger partial charge in [-0.05, 0) is 66.3 Å². The monoisotopic (exact) mass is 665 g/mol. The highest BCUT2D eigenvalue weighted by Crippen LogP contribution is 2.42. The van der Waals surface area contributed by atoms with E-state index in [0.717, 1.165) is 10.6 Å². The molecule has 3 heterocycles. The summed E-state index contributed by atoms with van der Waals surface area (Å²) >= 11 is 0. The van der Waals surface area contributed by atoms with Crippen molar-refractivity contribution in [3.63, 3.8) is 0 Å². The van der Waals surface area contributed by atoms with Gasteiger partial charge in [0.2, 0.25) is 10.0 Å². The summed E-state index contributed by atoms with van der Waals surface area (Å²) in [5, 5.41) is 15.6. The van der Waals surface area contributed by atoms with Gasteiger partial charge < -0.3 is 15.1 Å². The van der Waals surface area contributed by atoms with Crippen molar-refractivity contribution in [2.45, 2.75) is 24.8 Å². The van der Waals surface area contributed by atoms with E-state index in [1.807, 2.05) is 0 Å². The van der Waals surface area contributed by atoms with E-state index in [1.54, 1.807) is 36.4 Å². The predicted octanol–water partition coefficient (Wildman–Crippen LogP) is 3.95. The van der Waals surface area contributed by atoms with Crippen molar-refractivity contribution in [3.8, 4) is 17.4 Å². The lowest BCUT2D eigenvalue weighted by Crippen LogP contribution is -2.43. The summed E-state index contributed by atoms with van der Waals surface area (Å²) in [5.74, 6) is -1.68. The highest BCUT2D eigenvalue weighted by molar-refractivity contribution is 7.93. The maximum atomic E-state index is 13.9. The molecular formula is C32H32FN5O6S2. The van der Waals surface area contributed by atoms with Gasteiger partial charge in [0.1, 0.15) is 22.2 Å². The number of amides is 1. The van der Waals surface area contributed by atoms with E-state index in [0.29, 0.717) is 40.6 Å². The Kier molecular flexibility index (Phi) is 8.04. The smallest absolute Gasteiger partial charge is 0.258 e. The molecule has 11 nitrogen and oxygen atoms in total. The van der Waals surface area contributed by atoms with Crippen molar-refractivity contribution in [1.82, 2.24) is 14.9 Å². The number of anilines is 1. The topological polar surface area (TPSA) is 153 Å². The molecular weight excluding hydrogens is 634 g/mol. The lowest BCUT2D eigenvalue weighted by Gasteiger charge is -2.34. The van der Waals surface area contributed by atoms with Crippen molar-refractivity contribution < 1.29 is 30.4 Å². The van der Waals surface area contributed by atoms with E-state index in [9.17, 15) is 31.3 Å². The Morgan fingerprint density at radius 3 is 2.61 bits per heavy atom. The maximum Gasteiger partial charge on any atom is 0.258 e. The summed E-state index contributed by atoms with van der Waals surface area (Å²) in [6, 6.07) is 10.4. The Labute approximate surface area is 266 Å². The Morgan fingerprint density at radius 2 is 1.93 bits per heavy atom. The van der Waals surface area contributed by atoms with Gasteiger partial charge >= 0.3 is 0 Å². The van der Waals surface area contributed by atoms with Crippen LogP contribution in [-0.2, 0) is 20.0 Å². The molecule has 3 aromatic rings. The molecule has 240 valence electrons. The number of benzene rings is 2. The van der Waals surface area contributed by atoms with Crippen molar-refractivity contribution in [2.75, 3.05) is 37.7 Å². The molecule has 0 saturated carbocycles. The summed E-state index contributed by atoms with van der Waals surface area (Å²) in [5.41, 5.74) is 2.42. The molecule has 2 aliphatic heterocycles. The Hall–Kier alpha value is -4.45. The zero-order chi connectivity index (χ0) is 33.0. The molecule has 0 bridgehead atoms. The minimum absolute atomic E-state index is 0.0120. The first-order chi connectivity index (χ1) is 21.8. The number of nitriles is 1. The van der Waals surface area contributed by atoms with E-state index < -0.39 is 49.6 Å². The standard InChI is InChI=1S/C32H32FN5O6S2/c1-35-32(39)29-25-15-24(26(37(2)45(3,40)41)16-27(25)44-31(29)19-9-11-23(33)12-10-19)22-8-5-13-38(18-22)46(42,43)28-14-20-6-4-7-21(17-34)30(20)36-28/h4,6-7,9-12,14-16,21-22,30,36H,5,8,13,18H2,1-3H3,(H,35,39)/t21?,22-,30?/m0/s1. The predicted molar refractivity (Wildman–Crippen MR) is 172 cm³/mol. The van der Waals surface area contributed by atoms with Gasteiger partial charge in [-0.2, -0.15) is 9.57 Å². The maximum absolute atomic E-state index is 13.9. The zero-order valence-corrected chi connectivity index (χ0v) is 27.0. The number of carbonyl (C=O) groups is 1. The molecule has 1 aliphatic carbocycles. The van der Waals surface area contributed by atoms with Gasteiger partial charge in [0.15, 0.2) is 0 Å². The van der Waals surface area contributed by atoms with Crippen LogP contribution in [0.5, 0.6) is 0 Å². The number of nitrogens with one attached hydrogen (secondary N) is 2. The van der Waals surface area contributed by atoms with Crippen LogP contribution < -0.4 is 14.9 Å². The largest absolute Gasteiger partial charge is 0.455 e. The fourth-order valence-corrected chi connectivity index (χ4v) is 8.37. The van der Waals surface area contributed by atoms with E-state index >= 15 is 0 Å². The van der Waals surface area contributed by atoms with Crippen LogP contribution in [0.2, 0.25) is 0 Å². The third kappa shape index (κ3) is 5.48. The number of hydrogen-bond donors (Lipinski definition) is 2. The van der Waals surface area contributed by atoms with Gasteiger partial charge in [0, 0.05) is 44.2 Å². The first kappa shape index (κ1) is 31.5. The second-order valence-corrected chi connectivity index (χ2v) is 15.5. The van der Waals surface area contributed by atoms with Gasteiger partial charge in [-0.3, -0.25) is 9.10 Å². The molecule has 46 heavy (non-hydrogen) atoms. The fourth-order valence-electron chi connectivity index (χ4n) is 6.27. The first-order valence-corrected chi connectivity index (χ1v) is 17.9. The van der Waals surface area contributed by atoms with E-state index in [2.05, 4.69) is 16.7 Å². The van der Waals surface area contributed by atoms with Crippen LogP contribution in [0.3, 0.4) is 0 Å². The molecule has 1 aromatic heterocycles. The van der Waals surface area contributed by atoms with Crippen LogP contribution in [0.1, 0.15) is 34.7 Å². The van der Waals surface area contributed by atoms with Gasteiger partial charge in [-0.1, -0.05) is 18.2 Å². The lowest BCUT2D eigenvalue weighted by atomic mass is 9.89. The highest BCUT2D eigenvalue weighted by Gasteiger charge is 2.40. The highest BCUT2D eigenvalue weighted by atomic mass is 32.2. The van der Waals surface area contributed by atoms with Crippen molar-refractivity contribution in [2.24, 2.45) is 5.92 Å². The van der Waals surface area contributed by atoms with Crippen LogP contribution >= 0.6 is 0 Å². The second kappa shape index (κ2) is 11.7. The molecule has 14 heteroatoms. The molecule has 2 aromatic carbocycles. The molecule has 1 saturated heterocycles. The normalized spacial score (nSPS) is 21.6. The number of sulfonamides is 2. The Balaban J connectivity index is 1.44. The molecule has 6 rings (SSSR count). The number of furan rings is 1. The van der Waals surface area contributed by atoms with Crippen molar-refractivity contribution >= 4 is 42.6 Å². The lowest BCUT2D eigenvalue weighted by molar-refractivity contribution is 0.0964. The zero-order valence-electron chi connectivity index (χ0n) is 25.3. The van der Waals surface area contributed by atoms with Gasteiger partial charge in [0.05, 0.1) is 35.5 Å². The quantitative estimate of drug-likeness (QED) is 0.385. The van der Waals surface area contributed by atoms with Gasteiger partial charge in [0.25, 0.3) is 15.9 Å². The molecule has 0 radical (unpaired) electrons. The number of halogens is 1. The third-order valence-corrected chi connectivity index (χ3v) is 11.7. The minimum atomic E-state index is -4.00. The number of hydrogen-bond acceptors (Lipinski definition) is 8. The number of allylic oxidation sites excluding steroid dienone is 2. The van der Waals surface area contributed by atoms with Crippen LogP contribution in [-0.4, -0.2) is 66.5 Å². The van der Waals surface area contributed by atoms with Crippen LogP contribution in [0, 0.1) is 23.1 Å².